The van der Waals surface area contributed by atoms with E-state index in [1.807, 2.05) is 14.0 Å². The molecule has 2 N–H and O–H groups in total. The van der Waals surface area contributed by atoms with Crippen molar-refractivity contribution in [2.75, 3.05) is 7.05 Å². The molecule has 0 saturated carbocycles. The van der Waals surface area contributed by atoms with E-state index >= 15 is 0 Å². The van der Waals surface area contributed by atoms with E-state index in [1.165, 1.54) is 0 Å². The van der Waals surface area contributed by atoms with E-state index in [9.17, 15) is 0 Å². The van der Waals surface area contributed by atoms with Gasteiger partial charge in [0.1, 0.15) is 0 Å². The molecule has 9 heavy (non-hydrogen) atoms. The molecule has 0 rings (SSSR count). The van der Waals surface area contributed by atoms with Crippen LogP contribution in [0.3, 0.4) is 0 Å². The predicted molar refractivity (Wildman–Crippen MR) is 39.4 cm³/mol. The van der Waals surface area contributed by atoms with Gasteiger partial charge in [-0.1, -0.05) is 6.92 Å². The fourth-order valence-corrected chi connectivity index (χ4v) is 0.900. The Kier molecular flexibility index (Phi) is 4.72. The van der Waals surface area contributed by atoms with Gasteiger partial charge in [0.05, 0.1) is 6.10 Å². The third kappa shape index (κ3) is 4.43. The van der Waals surface area contributed by atoms with Gasteiger partial charge in [-0.05, 0) is 26.8 Å². The summed E-state index contributed by atoms with van der Waals surface area (Å²) in [7, 11) is 1.93. The molecule has 0 aliphatic rings. The summed E-state index contributed by atoms with van der Waals surface area (Å²) < 4.78 is 0. The zero-order valence-electron chi connectivity index (χ0n) is 6.52. The fraction of sp³-hybridized carbons (Fsp3) is 1.00. The lowest BCUT2D eigenvalue weighted by molar-refractivity contribution is 0.168. The summed E-state index contributed by atoms with van der Waals surface area (Å²) in [5.41, 5.74) is 0. The van der Waals surface area contributed by atoms with E-state index < -0.39 is 0 Å². The molecular weight excluding hydrogens is 114 g/mol. The Morgan fingerprint density at radius 3 is 2.22 bits per heavy atom. The average molecular weight is 131 g/mol. The lowest BCUT2D eigenvalue weighted by Crippen LogP contribution is -2.27. The first kappa shape index (κ1) is 8.92. The molecule has 0 aromatic rings. The van der Waals surface area contributed by atoms with E-state index in [1.54, 1.807) is 0 Å². The van der Waals surface area contributed by atoms with Gasteiger partial charge >= 0.3 is 0 Å². The largest absolute Gasteiger partial charge is 0.393 e. The van der Waals surface area contributed by atoms with Crippen molar-refractivity contribution in [3.63, 3.8) is 0 Å². The SMILES string of the molecule is CCC(C[C@@H](C)O)NC. The first-order valence-electron chi connectivity index (χ1n) is 3.56. The standard InChI is InChI=1S/C7H17NO/c1-4-7(8-3)5-6(2)9/h6-9H,4-5H2,1-3H3/t6-,7?/m1/s1. The molecule has 0 spiro atoms. The maximum Gasteiger partial charge on any atom is 0.0526 e. The van der Waals surface area contributed by atoms with Crippen LogP contribution in [0.2, 0.25) is 0 Å². The molecule has 0 saturated heterocycles. The van der Waals surface area contributed by atoms with Crippen molar-refractivity contribution >= 4 is 0 Å². The Bertz CT molecular complexity index is 59.9. The number of aliphatic hydroxyl groups is 1. The maximum atomic E-state index is 8.94. The Morgan fingerprint density at radius 2 is 2.11 bits per heavy atom. The number of hydrogen-bond acceptors (Lipinski definition) is 2. The fourth-order valence-electron chi connectivity index (χ4n) is 0.900. The van der Waals surface area contributed by atoms with E-state index in [4.69, 9.17) is 5.11 Å². The number of hydrogen-bond donors (Lipinski definition) is 2. The van der Waals surface area contributed by atoms with E-state index in [2.05, 4.69) is 12.2 Å². The molecule has 0 radical (unpaired) electrons. The zero-order valence-corrected chi connectivity index (χ0v) is 6.52. The molecule has 0 aromatic carbocycles. The minimum absolute atomic E-state index is 0.178. The topological polar surface area (TPSA) is 32.3 Å². The molecule has 0 amide bonds. The average Bonchev–Trinajstić information content (AvgIpc) is 1.82. The molecule has 0 aliphatic carbocycles. The smallest absolute Gasteiger partial charge is 0.0526 e. The summed E-state index contributed by atoms with van der Waals surface area (Å²) >= 11 is 0. The minimum atomic E-state index is -0.178. The van der Waals surface area contributed by atoms with E-state index in [-0.39, 0.29) is 6.10 Å². The van der Waals surface area contributed by atoms with Crippen LogP contribution in [-0.4, -0.2) is 24.3 Å². The van der Waals surface area contributed by atoms with Crippen LogP contribution in [0.5, 0.6) is 0 Å². The second-order valence-electron chi connectivity index (χ2n) is 2.48. The molecule has 0 aliphatic heterocycles. The normalized spacial score (nSPS) is 17.3. The lowest BCUT2D eigenvalue weighted by atomic mass is 10.1. The van der Waals surface area contributed by atoms with Crippen molar-refractivity contribution in [1.29, 1.82) is 0 Å². The van der Waals surface area contributed by atoms with Crippen molar-refractivity contribution < 1.29 is 5.11 Å². The number of aliphatic hydroxyl groups excluding tert-OH is 1. The Hall–Kier alpha value is -0.0800. The van der Waals surface area contributed by atoms with Crippen molar-refractivity contribution in [1.82, 2.24) is 5.32 Å². The Balaban J connectivity index is 3.31. The summed E-state index contributed by atoms with van der Waals surface area (Å²) in [4.78, 5) is 0. The summed E-state index contributed by atoms with van der Waals surface area (Å²) in [6, 6.07) is 0.477. The van der Waals surface area contributed by atoms with Gasteiger partial charge in [0, 0.05) is 6.04 Å². The van der Waals surface area contributed by atoms with Gasteiger partial charge in [0.15, 0.2) is 0 Å². The second-order valence-corrected chi connectivity index (χ2v) is 2.48. The van der Waals surface area contributed by atoms with Crippen LogP contribution in [0, 0.1) is 0 Å². The third-order valence-corrected chi connectivity index (χ3v) is 1.53. The van der Waals surface area contributed by atoms with Crippen LogP contribution in [0.4, 0.5) is 0 Å². The monoisotopic (exact) mass is 131 g/mol. The van der Waals surface area contributed by atoms with Gasteiger partial charge < -0.3 is 10.4 Å². The van der Waals surface area contributed by atoms with Gasteiger partial charge in [-0.2, -0.15) is 0 Å². The first-order valence-corrected chi connectivity index (χ1v) is 3.56. The summed E-state index contributed by atoms with van der Waals surface area (Å²) in [5.74, 6) is 0. The molecule has 2 atom stereocenters. The quantitative estimate of drug-likeness (QED) is 0.590. The van der Waals surface area contributed by atoms with E-state index in [0.29, 0.717) is 6.04 Å². The summed E-state index contributed by atoms with van der Waals surface area (Å²) in [6.07, 6.45) is 1.76. The highest BCUT2D eigenvalue weighted by atomic mass is 16.3. The van der Waals surface area contributed by atoms with Crippen LogP contribution in [0.25, 0.3) is 0 Å². The van der Waals surface area contributed by atoms with Crippen LogP contribution in [-0.2, 0) is 0 Å². The lowest BCUT2D eigenvalue weighted by Gasteiger charge is -2.14. The van der Waals surface area contributed by atoms with Crippen molar-refractivity contribution in [3.8, 4) is 0 Å². The van der Waals surface area contributed by atoms with Crippen molar-refractivity contribution in [2.24, 2.45) is 0 Å². The van der Waals surface area contributed by atoms with Crippen molar-refractivity contribution in [3.05, 3.63) is 0 Å². The van der Waals surface area contributed by atoms with Crippen molar-refractivity contribution in [2.45, 2.75) is 38.8 Å². The molecule has 0 heterocycles. The first-order chi connectivity index (χ1) is 4.20. The van der Waals surface area contributed by atoms with Gasteiger partial charge in [-0.3, -0.25) is 0 Å². The third-order valence-electron chi connectivity index (χ3n) is 1.53. The van der Waals surface area contributed by atoms with Gasteiger partial charge in [0.2, 0.25) is 0 Å². The zero-order chi connectivity index (χ0) is 7.28. The predicted octanol–water partition coefficient (Wildman–Crippen LogP) is 0.755. The summed E-state index contributed by atoms with van der Waals surface area (Å²) in [6.45, 7) is 3.93. The van der Waals surface area contributed by atoms with Crippen LogP contribution in [0.15, 0.2) is 0 Å². The Morgan fingerprint density at radius 1 is 1.56 bits per heavy atom. The molecule has 0 aromatic heterocycles. The Labute approximate surface area is 57.3 Å². The molecule has 0 bridgehead atoms. The highest BCUT2D eigenvalue weighted by Gasteiger charge is 2.05. The maximum absolute atomic E-state index is 8.94. The number of rotatable bonds is 4. The molecule has 1 unspecified atom stereocenters. The second kappa shape index (κ2) is 4.77. The van der Waals surface area contributed by atoms with Gasteiger partial charge in [-0.15, -0.1) is 0 Å². The molecule has 0 fully saturated rings. The van der Waals surface area contributed by atoms with Gasteiger partial charge in [0.25, 0.3) is 0 Å². The molecule has 56 valence electrons. The highest BCUT2D eigenvalue weighted by Crippen LogP contribution is 1.99. The van der Waals surface area contributed by atoms with Crippen LogP contribution >= 0.6 is 0 Å². The molecule has 2 nitrogen and oxygen atoms in total. The van der Waals surface area contributed by atoms with Crippen LogP contribution < -0.4 is 5.32 Å². The minimum Gasteiger partial charge on any atom is -0.393 e. The van der Waals surface area contributed by atoms with Crippen LogP contribution in [0.1, 0.15) is 26.7 Å². The molecule has 2 heteroatoms. The number of nitrogens with one attached hydrogen (secondary N) is 1. The highest BCUT2D eigenvalue weighted by molar-refractivity contribution is 4.64. The summed E-state index contributed by atoms with van der Waals surface area (Å²) in [5, 5.41) is 12.1. The van der Waals surface area contributed by atoms with E-state index in [0.717, 1.165) is 12.8 Å². The van der Waals surface area contributed by atoms with Gasteiger partial charge in [-0.25, -0.2) is 0 Å². The molecular formula is C7H17NO.